The van der Waals surface area contributed by atoms with Crippen LogP contribution in [0.4, 0.5) is 5.82 Å². The number of nitrogens with two attached hydrogens (primary N) is 1. The maximum Gasteiger partial charge on any atom is 0.203 e. The average Bonchev–Trinajstić information content (AvgIpc) is 2.78. The molecule has 2 N–H and O–H groups in total. The van der Waals surface area contributed by atoms with Crippen LogP contribution in [0.3, 0.4) is 0 Å². The van der Waals surface area contributed by atoms with E-state index in [9.17, 15) is 0 Å². The summed E-state index contributed by atoms with van der Waals surface area (Å²) in [6.07, 6.45) is 1.74. The summed E-state index contributed by atoms with van der Waals surface area (Å²) >= 11 is 0. The zero-order valence-corrected chi connectivity index (χ0v) is 12.1. The van der Waals surface area contributed by atoms with Crippen LogP contribution in [0.15, 0.2) is 18.3 Å². The molecule has 0 aliphatic rings. The van der Waals surface area contributed by atoms with Gasteiger partial charge in [0.05, 0.1) is 34.1 Å². The predicted molar refractivity (Wildman–Crippen MR) is 76.6 cm³/mol. The van der Waals surface area contributed by atoms with Gasteiger partial charge in [-0.15, -0.1) is 0 Å². The van der Waals surface area contributed by atoms with Crippen LogP contribution in [0.25, 0.3) is 0 Å². The summed E-state index contributed by atoms with van der Waals surface area (Å²) < 4.78 is 17.7. The number of aryl methyl sites for hydroxylation is 1. The van der Waals surface area contributed by atoms with Crippen LogP contribution in [0.2, 0.25) is 0 Å². The normalized spacial score (nSPS) is 10.4. The van der Waals surface area contributed by atoms with Crippen molar-refractivity contribution in [2.75, 3.05) is 27.1 Å². The zero-order chi connectivity index (χ0) is 14.7. The Morgan fingerprint density at radius 3 is 2.10 bits per heavy atom. The Morgan fingerprint density at radius 2 is 1.70 bits per heavy atom. The van der Waals surface area contributed by atoms with Crippen LogP contribution in [0.5, 0.6) is 17.2 Å². The van der Waals surface area contributed by atoms with Gasteiger partial charge in [-0.25, -0.2) is 4.68 Å². The minimum absolute atomic E-state index is 0.538. The molecule has 0 radical (unpaired) electrons. The topological polar surface area (TPSA) is 71.5 Å². The monoisotopic (exact) mass is 277 g/mol. The molecule has 0 unspecified atom stereocenters. The van der Waals surface area contributed by atoms with Crippen LogP contribution in [0.1, 0.15) is 11.1 Å². The van der Waals surface area contributed by atoms with E-state index >= 15 is 0 Å². The lowest BCUT2D eigenvalue weighted by molar-refractivity contribution is 0.323. The van der Waals surface area contributed by atoms with Crippen molar-refractivity contribution >= 4 is 5.82 Å². The molecule has 0 saturated carbocycles. The summed E-state index contributed by atoms with van der Waals surface area (Å²) in [6, 6.07) is 3.77. The zero-order valence-electron chi connectivity index (χ0n) is 12.1. The van der Waals surface area contributed by atoms with E-state index in [2.05, 4.69) is 5.10 Å². The molecule has 0 bridgehead atoms. The van der Waals surface area contributed by atoms with Crippen molar-refractivity contribution in [1.82, 2.24) is 9.78 Å². The van der Waals surface area contributed by atoms with E-state index in [1.54, 1.807) is 32.2 Å². The minimum atomic E-state index is 0.538. The summed E-state index contributed by atoms with van der Waals surface area (Å²) in [5.41, 5.74) is 7.88. The molecule has 108 valence electrons. The number of methoxy groups -OCH3 is 3. The Labute approximate surface area is 118 Å². The minimum Gasteiger partial charge on any atom is -0.493 e. The van der Waals surface area contributed by atoms with Gasteiger partial charge in [-0.1, -0.05) is 0 Å². The van der Waals surface area contributed by atoms with Crippen LogP contribution < -0.4 is 19.9 Å². The summed E-state index contributed by atoms with van der Waals surface area (Å²) in [7, 11) is 4.76. The first kappa shape index (κ1) is 14.0. The van der Waals surface area contributed by atoms with Crippen molar-refractivity contribution in [3.8, 4) is 17.2 Å². The van der Waals surface area contributed by atoms with Gasteiger partial charge in [-0.05, 0) is 24.6 Å². The largest absolute Gasteiger partial charge is 0.493 e. The smallest absolute Gasteiger partial charge is 0.203 e. The molecule has 2 rings (SSSR count). The second-order valence-electron chi connectivity index (χ2n) is 4.40. The quantitative estimate of drug-likeness (QED) is 0.903. The van der Waals surface area contributed by atoms with Gasteiger partial charge in [0.1, 0.15) is 5.82 Å². The maximum absolute atomic E-state index is 5.96. The Morgan fingerprint density at radius 1 is 1.10 bits per heavy atom. The third kappa shape index (κ3) is 2.49. The lowest BCUT2D eigenvalue weighted by Gasteiger charge is -2.14. The van der Waals surface area contributed by atoms with Crippen molar-refractivity contribution in [3.05, 3.63) is 29.5 Å². The molecular weight excluding hydrogens is 258 g/mol. The van der Waals surface area contributed by atoms with E-state index < -0.39 is 0 Å². The van der Waals surface area contributed by atoms with Gasteiger partial charge in [-0.2, -0.15) is 5.10 Å². The molecule has 0 saturated heterocycles. The van der Waals surface area contributed by atoms with Crippen LogP contribution in [-0.4, -0.2) is 31.1 Å². The number of rotatable bonds is 5. The number of nitrogens with zero attached hydrogens (tertiary/aromatic N) is 2. The Hall–Kier alpha value is -2.37. The van der Waals surface area contributed by atoms with Crippen molar-refractivity contribution in [1.29, 1.82) is 0 Å². The maximum atomic E-state index is 5.96. The third-order valence-corrected chi connectivity index (χ3v) is 3.13. The van der Waals surface area contributed by atoms with Crippen molar-refractivity contribution in [2.24, 2.45) is 0 Å². The Bertz CT molecular complexity index is 583. The van der Waals surface area contributed by atoms with Crippen molar-refractivity contribution < 1.29 is 14.2 Å². The summed E-state index contributed by atoms with van der Waals surface area (Å²) in [6.45, 7) is 2.46. The fourth-order valence-electron chi connectivity index (χ4n) is 2.01. The lowest BCUT2D eigenvalue weighted by atomic mass is 10.2. The van der Waals surface area contributed by atoms with Gasteiger partial charge in [0.2, 0.25) is 5.75 Å². The summed E-state index contributed by atoms with van der Waals surface area (Å²) in [5.74, 6) is 2.45. The highest BCUT2D eigenvalue weighted by Gasteiger charge is 2.14. The van der Waals surface area contributed by atoms with E-state index in [4.69, 9.17) is 19.9 Å². The average molecular weight is 277 g/mol. The van der Waals surface area contributed by atoms with Crippen molar-refractivity contribution in [2.45, 2.75) is 13.5 Å². The van der Waals surface area contributed by atoms with E-state index in [1.165, 1.54) is 0 Å². The molecule has 0 atom stereocenters. The number of anilines is 1. The first-order chi connectivity index (χ1) is 9.60. The second-order valence-corrected chi connectivity index (χ2v) is 4.40. The number of ether oxygens (including phenoxy) is 3. The molecule has 6 nitrogen and oxygen atoms in total. The predicted octanol–water partition coefficient (Wildman–Crippen LogP) is 1.85. The molecule has 0 spiro atoms. The molecule has 0 amide bonds. The van der Waals surface area contributed by atoms with Gasteiger partial charge in [0, 0.05) is 5.56 Å². The molecule has 20 heavy (non-hydrogen) atoms. The van der Waals surface area contributed by atoms with Gasteiger partial charge in [0.15, 0.2) is 11.5 Å². The Kier molecular flexibility index (Phi) is 4.02. The second kappa shape index (κ2) is 5.73. The third-order valence-electron chi connectivity index (χ3n) is 3.13. The van der Waals surface area contributed by atoms with Crippen molar-refractivity contribution in [3.63, 3.8) is 0 Å². The number of benzene rings is 1. The number of hydrogen-bond acceptors (Lipinski definition) is 5. The summed E-state index contributed by atoms with van der Waals surface area (Å²) in [4.78, 5) is 0. The fraction of sp³-hybridized carbons (Fsp3) is 0.357. The highest BCUT2D eigenvalue weighted by atomic mass is 16.5. The lowest BCUT2D eigenvalue weighted by Crippen LogP contribution is -2.07. The molecule has 6 heteroatoms. The van der Waals surface area contributed by atoms with Gasteiger partial charge in [-0.3, -0.25) is 0 Å². The first-order valence-corrected chi connectivity index (χ1v) is 6.17. The highest BCUT2D eigenvalue weighted by Crippen LogP contribution is 2.38. The van der Waals surface area contributed by atoms with Gasteiger partial charge in [0.25, 0.3) is 0 Å². The number of hydrogen-bond donors (Lipinski definition) is 1. The molecule has 1 aromatic heterocycles. The van der Waals surface area contributed by atoms with E-state index in [0.717, 1.165) is 11.1 Å². The number of nitrogen functional groups attached to an aromatic ring is 1. The summed E-state index contributed by atoms with van der Waals surface area (Å²) in [5, 5.41) is 4.24. The van der Waals surface area contributed by atoms with Gasteiger partial charge >= 0.3 is 0 Å². The molecule has 1 heterocycles. The van der Waals surface area contributed by atoms with Gasteiger partial charge < -0.3 is 19.9 Å². The SMILES string of the molecule is COc1cc(Cn2ncc(C)c2N)cc(OC)c1OC. The highest BCUT2D eigenvalue weighted by molar-refractivity contribution is 5.54. The molecule has 1 aromatic carbocycles. The van der Waals surface area contributed by atoms with E-state index in [-0.39, 0.29) is 0 Å². The Balaban J connectivity index is 2.40. The first-order valence-electron chi connectivity index (χ1n) is 6.17. The molecule has 0 fully saturated rings. The number of aromatic nitrogens is 2. The molecular formula is C14H19N3O3. The fourth-order valence-corrected chi connectivity index (χ4v) is 2.01. The van der Waals surface area contributed by atoms with Crippen LogP contribution in [0, 0.1) is 6.92 Å². The molecule has 2 aromatic rings. The van der Waals surface area contributed by atoms with E-state index in [1.807, 2.05) is 19.1 Å². The molecule has 0 aliphatic heterocycles. The van der Waals surface area contributed by atoms with Crippen LogP contribution >= 0.6 is 0 Å². The van der Waals surface area contributed by atoms with Crippen LogP contribution in [-0.2, 0) is 6.54 Å². The van der Waals surface area contributed by atoms with E-state index in [0.29, 0.717) is 29.6 Å². The molecule has 0 aliphatic carbocycles. The standard InChI is InChI=1S/C14H19N3O3/c1-9-7-16-17(14(9)15)8-10-5-11(18-2)13(20-4)12(6-10)19-3/h5-7H,8,15H2,1-4H3.